The number of benzene rings is 1. The minimum Gasteiger partial charge on any atom is -0.493 e. The molecule has 142 valence electrons. The van der Waals surface area contributed by atoms with E-state index in [1.807, 2.05) is 18.2 Å². The third-order valence-electron chi connectivity index (χ3n) is 3.75. The molecule has 1 atom stereocenters. The molecule has 2 aromatic rings. The van der Waals surface area contributed by atoms with Crippen LogP contribution in [0.15, 0.2) is 46.8 Å². The summed E-state index contributed by atoms with van der Waals surface area (Å²) < 4.78 is 10.8. The first-order chi connectivity index (χ1) is 12.7. The van der Waals surface area contributed by atoms with Gasteiger partial charge in [0.2, 0.25) is 0 Å². The first kappa shape index (κ1) is 20.3. The van der Waals surface area contributed by atoms with Crippen molar-refractivity contribution >= 4 is 17.3 Å². The average Bonchev–Trinajstić information content (AvgIpc) is 3.19. The average molecular weight is 376 g/mol. The van der Waals surface area contributed by atoms with E-state index >= 15 is 0 Å². The van der Waals surface area contributed by atoms with Gasteiger partial charge in [-0.15, -0.1) is 11.3 Å². The SMILES string of the molecule is CCNC(=NCc1cccc(OCCCOC)c1)NC(C)c1cccs1. The van der Waals surface area contributed by atoms with Crippen LogP contribution in [0.1, 0.15) is 36.8 Å². The molecule has 0 saturated heterocycles. The number of guanidine groups is 1. The Morgan fingerprint density at radius 1 is 1.23 bits per heavy atom. The monoisotopic (exact) mass is 375 g/mol. The minimum absolute atomic E-state index is 0.225. The van der Waals surface area contributed by atoms with Crippen molar-refractivity contribution in [3.05, 3.63) is 52.2 Å². The van der Waals surface area contributed by atoms with Crippen LogP contribution in [0.4, 0.5) is 0 Å². The predicted molar refractivity (Wildman–Crippen MR) is 109 cm³/mol. The van der Waals surface area contributed by atoms with Gasteiger partial charge in [-0.1, -0.05) is 18.2 Å². The van der Waals surface area contributed by atoms with E-state index < -0.39 is 0 Å². The van der Waals surface area contributed by atoms with E-state index in [4.69, 9.17) is 14.5 Å². The lowest BCUT2D eigenvalue weighted by atomic mass is 10.2. The highest BCUT2D eigenvalue weighted by Gasteiger charge is 2.08. The summed E-state index contributed by atoms with van der Waals surface area (Å²) >= 11 is 1.75. The van der Waals surface area contributed by atoms with Crippen LogP contribution in [0.3, 0.4) is 0 Å². The van der Waals surface area contributed by atoms with Crippen molar-refractivity contribution in [1.82, 2.24) is 10.6 Å². The van der Waals surface area contributed by atoms with Gasteiger partial charge in [-0.05, 0) is 43.0 Å². The van der Waals surface area contributed by atoms with Crippen LogP contribution < -0.4 is 15.4 Å². The highest BCUT2D eigenvalue weighted by Crippen LogP contribution is 2.18. The van der Waals surface area contributed by atoms with Gasteiger partial charge in [0.25, 0.3) is 0 Å². The number of ether oxygens (including phenoxy) is 2. The topological polar surface area (TPSA) is 54.9 Å². The standard InChI is InChI=1S/C20H29N3O2S/c1-4-21-20(23-16(2)19-10-6-13-26-19)22-15-17-8-5-9-18(14-17)25-12-7-11-24-3/h5-6,8-10,13-14,16H,4,7,11-12,15H2,1-3H3,(H2,21,22,23). The number of nitrogens with one attached hydrogen (secondary N) is 2. The molecule has 6 heteroatoms. The zero-order valence-corrected chi connectivity index (χ0v) is 16.6. The molecular formula is C20H29N3O2S. The van der Waals surface area contributed by atoms with Crippen LogP contribution in [0.2, 0.25) is 0 Å². The number of methoxy groups -OCH3 is 1. The van der Waals surface area contributed by atoms with Gasteiger partial charge < -0.3 is 20.1 Å². The molecule has 0 amide bonds. The van der Waals surface area contributed by atoms with E-state index in [2.05, 4.69) is 48.1 Å². The first-order valence-corrected chi connectivity index (χ1v) is 9.89. The fraction of sp³-hybridized carbons (Fsp3) is 0.450. The van der Waals surface area contributed by atoms with Crippen molar-refractivity contribution in [1.29, 1.82) is 0 Å². The van der Waals surface area contributed by atoms with E-state index in [1.54, 1.807) is 18.4 Å². The fourth-order valence-corrected chi connectivity index (χ4v) is 3.17. The zero-order chi connectivity index (χ0) is 18.6. The Morgan fingerprint density at radius 2 is 2.12 bits per heavy atom. The van der Waals surface area contributed by atoms with E-state index in [-0.39, 0.29) is 6.04 Å². The Balaban J connectivity index is 1.93. The second-order valence-electron chi connectivity index (χ2n) is 5.92. The maximum absolute atomic E-state index is 5.76. The summed E-state index contributed by atoms with van der Waals surface area (Å²) in [6, 6.07) is 12.5. The van der Waals surface area contributed by atoms with Crippen molar-refractivity contribution in [3.8, 4) is 5.75 Å². The molecule has 1 unspecified atom stereocenters. The van der Waals surface area contributed by atoms with Crippen LogP contribution in [0.5, 0.6) is 5.75 Å². The quantitative estimate of drug-likeness (QED) is 0.375. The van der Waals surface area contributed by atoms with Gasteiger partial charge in [-0.3, -0.25) is 0 Å². The molecule has 0 spiro atoms. The second kappa shape index (κ2) is 11.5. The maximum Gasteiger partial charge on any atom is 0.192 e. The van der Waals surface area contributed by atoms with E-state index in [0.717, 1.165) is 30.2 Å². The Morgan fingerprint density at radius 3 is 2.85 bits per heavy atom. The molecule has 26 heavy (non-hydrogen) atoms. The van der Waals surface area contributed by atoms with Crippen LogP contribution in [0.25, 0.3) is 0 Å². The Labute approximate surface area is 160 Å². The summed E-state index contributed by atoms with van der Waals surface area (Å²) in [6.07, 6.45) is 0.883. The van der Waals surface area contributed by atoms with E-state index in [1.165, 1.54) is 4.88 Å². The molecule has 1 heterocycles. The summed E-state index contributed by atoms with van der Waals surface area (Å²) in [6.45, 7) is 7.01. The van der Waals surface area contributed by atoms with Crippen LogP contribution in [0, 0.1) is 0 Å². The number of aliphatic imine (C=N–C) groups is 1. The lowest BCUT2D eigenvalue weighted by Crippen LogP contribution is -2.38. The van der Waals surface area contributed by atoms with Crippen LogP contribution in [-0.2, 0) is 11.3 Å². The molecule has 1 aromatic heterocycles. The lowest BCUT2D eigenvalue weighted by molar-refractivity contribution is 0.172. The lowest BCUT2D eigenvalue weighted by Gasteiger charge is -2.16. The van der Waals surface area contributed by atoms with Gasteiger partial charge in [-0.25, -0.2) is 4.99 Å². The molecule has 0 saturated carbocycles. The third-order valence-corrected chi connectivity index (χ3v) is 4.80. The van der Waals surface area contributed by atoms with E-state index in [0.29, 0.717) is 19.8 Å². The molecule has 2 rings (SSSR count). The molecule has 0 aliphatic heterocycles. The summed E-state index contributed by atoms with van der Waals surface area (Å²) in [4.78, 5) is 6.00. The highest BCUT2D eigenvalue weighted by molar-refractivity contribution is 7.10. The second-order valence-corrected chi connectivity index (χ2v) is 6.90. The van der Waals surface area contributed by atoms with Crippen LogP contribution >= 0.6 is 11.3 Å². The predicted octanol–water partition coefficient (Wildman–Crippen LogP) is 3.98. The van der Waals surface area contributed by atoms with Gasteiger partial charge in [0.05, 0.1) is 19.2 Å². The van der Waals surface area contributed by atoms with Crippen molar-refractivity contribution in [2.45, 2.75) is 32.9 Å². The Kier molecular flexibility index (Phi) is 9.00. The molecule has 2 N–H and O–H groups in total. The van der Waals surface area contributed by atoms with Crippen molar-refractivity contribution in [2.24, 2.45) is 4.99 Å². The normalized spacial score (nSPS) is 12.7. The van der Waals surface area contributed by atoms with Crippen molar-refractivity contribution in [2.75, 3.05) is 26.9 Å². The Hall–Kier alpha value is -2.05. The molecule has 0 bridgehead atoms. The molecule has 0 aliphatic rings. The summed E-state index contributed by atoms with van der Waals surface area (Å²) in [5.41, 5.74) is 1.12. The fourth-order valence-electron chi connectivity index (χ4n) is 2.43. The highest BCUT2D eigenvalue weighted by atomic mass is 32.1. The number of hydrogen-bond donors (Lipinski definition) is 2. The largest absolute Gasteiger partial charge is 0.493 e. The van der Waals surface area contributed by atoms with E-state index in [9.17, 15) is 0 Å². The van der Waals surface area contributed by atoms with Crippen molar-refractivity contribution < 1.29 is 9.47 Å². The van der Waals surface area contributed by atoms with Gasteiger partial charge in [0.15, 0.2) is 5.96 Å². The number of nitrogens with zero attached hydrogens (tertiary/aromatic N) is 1. The van der Waals surface area contributed by atoms with Gasteiger partial charge in [0.1, 0.15) is 5.75 Å². The maximum atomic E-state index is 5.76. The third kappa shape index (κ3) is 7.06. The molecule has 5 nitrogen and oxygen atoms in total. The minimum atomic E-state index is 0.225. The molecule has 1 aromatic carbocycles. The number of rotatable bonds is 10. The molecule has 0 aliphatic carbocycles. The van der Waals surface area contributed by atoms with Gasteiger partial charge in [0, 0.05) is 31.6 Å². The summed E-state index contributed by atoms with van der Waals surface area (Å²) in [5, 5.41) is 8.86. The molecule has 0 radical (unpaired) electrons. The Bertz CT molecular complexity index is 659. The van der Waals surface area contributed by atoms with Crippen LogP contribution in [-0.4, -0.2) is 32.8 Å². The van der Waals surface area contributed by atoms with Gasteiger partial charge in [-0.2, -0.15) is 0 Å². The van der Waals surface area contributed by atoms with Crippen molar-refractivity contribution in [3.63, 3.8) is 0 Å². The number of hydrogen-bond acceptors (Lipinski definition) is 4. The van der Waals surface area contributed by atoms with Gasteiger partial charge >= 0.3 is 0 Å². The number of thiophene rings is 1. The summed E-state index contributed by atoms with van der Waals surface area (Å²) in [5.74, 6) is 1.69. The zero-order valence-electron chi connectivity index (χ0n) is 15.8. The molecule has 0 fully saturated rings. The molecular weight excluding hydrogens is 346 g/mol. The first-order valence-electron chi connectivity index (χ1n) is 9.02. The summed E-state index contributed by atoms with van der Waals surface area (Å²) in [7, 11) is 1.70. The smallest absolute Gasteiger partial charge is 0.192 e.